The fourth-order valence-corrected chi connectivity index (χ4v) is 1.53. The second-order valence-electron chi connectivity index (χ2n) is 3.86. The maximum Gasteiger partial charge on any atom is 0.184 e. The highest BCUT2D eigenvalue weighted by Crippen LogP contribution is 2.13. The van der Waals surface area contributed by atoms with Gasteiger partial charge in [-0.2, -0.15) is 0 Å². The molecule has 1 nitrogen and oxygen atoms in total. The molecule has 0 aromatic heterocycles. The molecule has 0 heterocycles. The van der Waals surface area contributed by atoms with Gasteiger partial charge in [0.2, 0.25) is 0 Å². The molecule has 62 valence electrons. The second kappa shape index (κ2) is 3.37. The van der Waals surface area contributed by atoms with Gasteiger partial charge in [0.15, 0.2) is 8.32 Å². The minimum atomic E-state index is -1.29. The van der Waals surface area contributed by atoms with Crippen LogP contribution in [0.25, 0.3) is 0 Å². The van der Waals surface area contributed by atoms with Crippen molar-refractivity contribution in [1.29, 1.82) is 0 Å². The van der Waals surface area contributed by atoms with Crippen molar-refractivity contribution in [3.05, 3.63) is 23.8 Å². The Labute approximate surface area is 69.9 Å². The smallest absolute Gasteiger partial charge is 0.184 e. The van der Waals surface area contributed by atoms with E-state index < -0.39 is 8.32 Å². The second-order valence-corrected chi connectivity index (χ2v) is 8.37. The first-order valence-electron chi connectivity index (χ1n) is 4.06. The first-order chi connectivity index (χ1) is 5.08. The van der Waals surface area contributed by atoms with Crippen LogP contribution in [-0.4, -0.2) is 14.9 Å². The van der Waals surface area contributed by atoms with Crippen molar-refractivity contribution in [3.63, 3.8) is 0 Å². The van der Waals surface area contributed by atoms with Gasteiger partial charge in [0.05, 0.1) is 6.61 Å². The van der Waals surface area contributed by atoms with Gasteiger partial charge in [-0.25, -0.2) is 0 Å². The predicted molar refractivity (Wildman–Crippen MR) is 51.1 cm³/mol. The van der Waals surface area contributed by atoms with Gasteiger partial charge in [-0.15, -0.1) is 0 Å². The van der Waals surface area contributed by atoms with Crippen molar-refractivity contribution < 1.29 is 4.43 Å². The van der Waals surface area contributed by atoms with E-state index in [2.05, 4.69) is 37.9 Å². The van der Waals surface area contributed by atoms with Gasteiger partial charge in [0.1, 0.15) is 0 Å². The highest BCUT2D eigenvalue weighted by molar-refractivity contribution is 6.69. The fraction of sp³-hybridized carbons (Fsp3) is 0.556. The first-order valence-corrected chi connectivity index (χ1v) is 7.47. The summed E-state index contributed by atoms with van der Waals surface area (Å²) in [6.07, 6.45) is 7.51. The quantitative estimate of drug-likeness (QED) is 0.589. The van der Waals surface area contributed by atoms with Crippen LogP contribution in [0.2, 0.25) is 19.6 Å². The fourth-order valence-electron chi connectivity index (χ4n) is 0.908. The molecule has 0 spiro atoms. The Hall–Kier alpha value is -0.343. The molecule has 0 saturated heterocycles. The largest absolute Gasteiger partial charge is 0.414 e. The van der Waals surface area contributed by atoms with Crippen LogP contribution in [0.15, 0.2) is 23.8 Å². The van der Waals surface area contributed by atoms with Crippen LogP contribution in [-0.2, 0) is 4.43 Å². The third-order valence-corrected chi connectivity index (χ3v) is 2.55. The normalized spacial score (nSPS) is 17.2. The van der Waals surface area contributed by atoms with E-state index in [0.717, 1.165) is 13.0 Å². The molecule has 0 aliphatic heterocycles. The van der Waals surface area contributed by atoms with Gasteiger partial charge in [0.25, 0.3) is 0 Å². The molecule has 0 aromatic rings. The topological polar surface area (TPSA) is 9.23 Å². The molecule has 11 heavy (non-hydrogen) atoms. The average molecular weight is 168 g/mol. The number of hydrogen-bond donors (Lipinski definition) is 0. The Balaban J connectivity index is 2.23. The molecule has 2 heteroatoms. The summed E-state index contributed by atoms with van der Waals surface area (Å²) in [5, 5.41) is 0. The monoisotopic (exact) mass is 168 g/mol. The van der Waals surface area contributed by atoms with Gasteiger partial charge in [-0.1, -0.05) is 18.2 Å². The molecule has 1 aliphatic rings. The van der Waals surface area contributed by atoms with Crippen LogP contribution in [0.4, 0.5) is 0 Å². The molecule has 1 aliphatic carbocycles. The lowest BCUT2D eigenvalue weighted by molar-refractivity contribution is 0.345. The van der Waals surface area contributed by atoms with Crippen LogP contribution in [0.1, 0.15) is 6.42 Å². The number of allylic oxidation sites excluding steroid dienone is 3. The van der Waals surface area contributed by atoms with Gasteiger partial charge in [-0.05, 0) is 31.6 Å². The summed E-state index contributed by atoms with van der Waals surface area (Å²) < 4.78 is 5.74. The van der Waals surface area contributed by atoms with E-state index in [9.17, 15) is 0 Å². The van der Waals surface area contributed by atoms with E-state index in [-0.39, 0.29) is 0 Å². The van der Waals surface area contributed by atoms with Gasteiger partial charge < -0.3 is 4.43 Å². The third-order valence-electron chi connectivity index (χ3n) is 1.54. The summed E-state index contributed by atoms with van der Waals surface area (Å²) in [7, 11) is -1.29. The standard InChI is InChI=1S/C9H16OSi/c1-11(2,3)10-8-9-6-4-5-7-9/h4-6H,7-8H2,1-3H3. The minimum Gasteiger partial charge on any atom is -0.414 e. The van der Waals surface area contributed by atoms with Gasteiger partial charge in [-0.3, -0.25) is 0 Å². The predicted octanol–water partition coefficient (Wildman–Crippen LogP) is 2.72. The summed E-state index contributed by atoms with van der Waals surface area (Å²) in [5.74, 6) is 0. The Morgan fingerprint density at radius 3 is 2.64 bits per heavy atom. The molecular formula is C9H16OSi. The van der Waals surface area contributed by atoms with E-state index in [1.807, 2.05) is 0 Å². The molecular weight excluding hydrogens is 152 g/mol. The molecule has 0 saturated carbocycles. The van der Waals surface area contributed by atoms with E-state index in [1.54, 1.807) is 0 Å². The summed E-state index contributed by atoms with van der Waals surface area (Å²) in [6, 6.07) is 0. The zero-order chi connectivity index (χ0) is 8.32. The van der Waals surface area contributed by atoms with E-state index in [0.29, 0.717) is 0 Å². The SMILES string of the molecule is C[Si](C)(C)OCC1=CC=CC1. The zero-order valence-corrected chi connectivity index (χ0v) is 8.55. The Morgan fingerprint density at radius 2 is 2.18 bits per heavy atom. The zero-order valence-electron chi connectivity index (χ0n) is 7.55. The van der Waals surface area contributed by atoms with Crippen molar-refractivity contribution >= 4 is 8.32 Å². The molecule has 1 rings (SSSR count). The van der Waals surface area contributed by atoms with Gasteiger partial charge >= 0.3 is 0 Å². The molecule has 0 aromatic carbocycles. The number of rotatable bonds is 3. The lowest BCUT2D eigenvalue weighted by atomic mass is 10.3. The summed E-state index contributed by atoms with van der Waals surface area (Å²) in [4.78, 5) is 0. The Kier molecular flexibility index (Phi) is 2.68. The molecule has 0 N–H and O–H groups in total. The highest BCUT2D eigenvalue weighted by atomic mass is 28.4. The van der Waals surface area contributed by atoms with Crippen LogP contribution in [0.3, 0.4) is 0 Å². The highest BCUT2D eigenvalue weighted by Gasteiger charge is 2.14. The van der Waals surface area contributed by atoms with Crippen molar-refractivity contribution in [1.82, 2.24) is 0 Å². The lowest BCUT2D eigenvalue weighted by Gasteiger charge is -2.17. The third kappa shape index (κ3) is 3.53. The van der Waals surface area contributed by atoms with Gasteiger partial charge in [0, 0.05) is 0 Å². The molecule has 0 amide bonds. The van der Waals surface area contributed by atoms with Crippen LogP contribution in [0.5, 0.6) is 0 Å². The molecule has 0 unspecified atom stereocenters. The van der Waals surface area contributed by atoms with Crippen molar-refractivity contribution in [2.45, 2.75) is 26.1 Å². The van der Waals surface area contributed by atoms with Crippen LogP contribution >= 0.6 is 0 Å². The summed E-state index contributed by atoms with van der Waals surface area (Å²) in [6.45, 7) is 7.49. The van der Waals surface area contributed by atoms with E-state index in [1.165, 1.54) is 5.57 Å². The maximum absolute atomic E-state index is 5.74. The molecule has 0 atom stereocenters. The van der Waals surface area contributed by atoms with Crippen molar-refractivity contribution in [2.75, 3.05) is 6.61 Å². The molecule has 0 fully saturated rings. The van der Waals surface area contributed by atoms with E-state index >= 15 is 0 Å². The van der Waals surface area contributed by atoms with Crippen LogP contribution in [0, 0.1) is 0 Å². The average Bonchev–Trinajstić information content (AvgIpc) is 2.32. The Bertz CT molecular complexity index is 186. The Morgan fingerprint density at radius 1 is 1.45 bits per heavy atom. The molecule has 0 radical (unpaired) electrons. The summed E-state index contributed by atoms with van der Waals surface area (Å²) >= 11 is 0. The van der Waals surface area contributed by atoms with Crippen molar-refractivity contribution in [2.24, 2.45) is 0 Å². The van der Waals surface area contributed by atoms with Crippen molar-refractivity contribution in [3.8, 4) is 0 Å². The lowest BCUT2D eigenvalue weighted by Crippen LogP contribution is -2.26. The minimum absolute atomic E-state index is 0.836. The maximum atomic E-state index is 5.74. The first kappa shape index (κ1) is 8.75. The van der Waals surface area contributed by atoms with E-state index in [4.69, 9.17) is 4.43 Å². The summed E-state index contributed by atoms with van der Waals surface area (Å²) in [5.41, 5.74) is 1.41. The van der Waals surface area contributed by atoms with Crippen LogP contribution < -0.4 is 0 Å². The molecule has 0 bridgehead atoms. The number of hydrogen-bond acceptors (Lipinski definition) is 1.